The van der Waals surface area contributed by atoms with Crippen molar-refractivity contribution in [3.63, 3.8) is 0 Å². The van der Waals surface area contributed by atoms with Crippen molar-refractivity contribution in [2.24, 2.45) is 5.92 Å². The number of nitrogens with one attached hydrogen (secondary N) is 1. The summed E-state index contributed by atoms with van der Waals surface area (Å²) in [5, 5.41) is 4.48. The molecule has 0 aliphatic carbocycles. The molecule has 0 amide bonds. The van der Waals surface area contributed by atoms with Crippen molar-refractivity contribution < 1.29 is 4.42 Å². The van der Waals surface area contributed by atoms with Crippen molar-refractivity contribution in [1.82, 2.24) is 10.2 Å². The molecule has 1 aromatic carbocycles. The monoisotopic (exact) mass is 330 g/mol. The van der Waals surface area contributed by atoms with Crippen LogP contribution in [-0.2, 0) is 6.54 Å². The molecule has 1 N–H and O–H groups in total. The maximum Gasteiger partial charge on any atom is 0.134 e. The summed E-state index contributed by atoms with van der Waals surface area (Å²) >= 11 is 6.21. The van der Waals surface area contributed by atoms with Crippen LogP contribution in [0, 0.1) is 12.8 Å². The third-order valence-electron chi connectivity index (χ3n) is 5.31. The van der Waals surface area contributed by atoms with Crippen molar-refractivity contribution in [2.75, 3.05) is 19.6 Å². The maximum absolute atomic E-state index is 6.21. The highest BCUT2D eigenvalue weighted by molar-refractivity contribution is 6.31. The van der Waals surface area contributed by atoms with E-state index in [4.69, 9.17) is 16.0 Å². The molecule has 3 aliphatic heterocycles. The minimum absolute atomic E-state index is 0.611. The van der Waals surface area contributed by atoms with Crippen LogP contribution in [0.4, 0.5) is 0 Å². The van der Waals surface area contributed by atoms with Gasteiger partial charge in [0, 0.05) is 23.2 Å². The molecular weight excluding hydrogens is 308 g/mol. The van der Waals surface area contributed by atoms with Crippen LogP contribution in [0.1, 0.15) is 24.2 Å². The van der Waals surface area contributed by atoms with Crippen LogP contribution in [0.15, 0.2) is 34.7 Å². The predicted molar refractivity (Wildman–Crippen MR) is 93.7 cm³/mol. The first kappa shape index (κ1) is 15.3. The van der Waals surface area contributed by atoms with E-state index in [1.807, 2.05) is 25.1 Å². The van der Waals surface area contributed by atoms with Crippen LogP contribution in [0.3, 0.4) is 0 Å². The lowest BCUT2D eigenvalue weighted by Gasteiger charge is -2.45. The summed E-state index contributed by atoms with van der Waals surface area (Å²) < 4.78 is 6.00. The van der Waals surface area contributed by atoms with E-state index in [-0.39, 0.29) is 0 Å². The Labute approximate surface area is 142 Å². The Bertz CT molecular complexity index is 688. The largest absolute Gasteiger partial charge is 0.460 e. The summed E-state index contributed by atoms with van der Waals surface area (Å²) in [6.07, 6.45) is 2.67. The fourth-order valence-electron chi connectivity index (χ4n) is 3.80. The Kier molecular flexibility index (Phi) is 4.18. The quantitative estimate of drug-likeness (QED) is 0.915. The van der Waals surface area contributed by atoms with E-state index in [1.54, 1.807) is 0 Å². The number of halogens is 1. The first-order valence-corrected chi connectivity index (χ1v) is 8.88. The highest BCUT2D eigenvalue weighted by atomic mass is 35.5. The Morgan fingerprint density at radius 2 is 2.04 bits per heavy atom. The van der Waals surface area contributed by atoms with Gasteiger partial charge in [-0.2, -0.15) is 0 Å². The number of hydrogen-bond acceptors (Lipinski definition) is 3. The van der Waals surface area contributed by atoms with Crippen LogP contribution in [0.5, 0.6) is 0 Å². The topological polar surface area (TPSA) is 28.4 Å². The van der Waals surface area contributed by atoms with E-state index < -0.39 is 0 Å². The smallest absolute Gasteiger partial charge is 0.134 e. The number of hydrogen-bond donors (Lipinski definition) is 1. The molecule has 3 saturated heterocycles. The second kappa shape index (κ2) is 6.31. The molecule has 0 radical (unpaired) electrons. The average Bonchev–Trinajstić information content (AvgIpc) is 3.05. The lowest BCUT2D eigenvalue weighted by atomic mass is 9.84. The summed E-state index contributed by atoms with van der Waals surface area (Å²) in [4.78, 5) is 2.57. The van der Waals surface area contributed by atoms with Gasteiger partial charge in [0.05, 0.1) is 6.54 Å². The van der Waals surface area contributed by atoms with Gasteiger partial charge in [-0.15, -0.1) is 0 Å². The molecule has 1 aromatic heterocycles. The standard InChI is InChI=1S/C19H23ClN2O/c1-13-2-3-15(10-17(13)20)19-5-4-16(23-19)11-21-18-12-22-8-6-14(18)7-9-22/h2-5,10,14,18,21H,6-9,11-12H2,1H3. The summed E-state index contributed by atoms with van der Waals surface area (Å²) in [5.74, 6) is 2.72. The van der Waals surface area contributed by atoms with E-state index in [0.29, 0.717) is 6.04 Å². The van der Waals surface area contributed by atoms with Crippen LogP contribution in [0.2, 0.25) is 5.02 Å². The predicted octanol–water partition coefficient (Wildman–Crippen LogP) is 4.09. The molecule has 1 unspecified atom stereocenters. The van der Waals surface area contributed by atoms with Gasteiger partial charge >= 0.3 is 0 Å². The molecular formula is C19H23ClN2O. The third kappa shape index (κ3) is 3.18. The molecule has 2 aromatic rings. The van der Waals surface area contributed by atoms with Gasteiger partial charge in [0.25, 0.3) is 0 Å². The van der Waals surface area contributed by atoms with Gasteiger partial charge < -0.3 is 14.6 Å². The van der Waals surface area contributed by atoms with Crippen LogP contribution in [0.25, 0.3) is 11.3 Å². The van der Waals surface area contributed by atoms with Gasteiger partial charge in [0.15, 0.2) is 0 Å². The van der Waals surface area contributed by atoms with Gasteiger partial charge in [-0.3, -0.25) is 0 Å². The van der Waals surface area contributed by atoms with E-state index in [2.05, 4.69) is 22.3 Å². The van der Waals surface area contributed by atoms with Crippen LogP contribution >= 0.6 is 11.6 Å². The molecule has 3 aliphatic rings. The lowest BCUT2D eigenvalue weighted by Crippen LogP contribution is -2.55. The minimum atomic E-state index is 0.611. The molecule has 1 atom stereocenters. The van der Waals surface area contributed by atoms with E-state index >= 15 is 0 Å². The summed E-state index contributed by atoms with van der Waals surface area (Å²) in [6.45, 7) is 6.56. The van der Waals surface area contributed by atoms with Crippen molar-refractivity contribution in [1.29, 1.82) is 0 Å². The van der Waals surface area contributed by atoms with Gasteiger partial charge in [-0.1, -0.05) is 23.7 Å². The Balaban J connectivity index is 1.41. The zero-order valence-electron chi connectivity index (χ0n) is 13.5. The highest BCUT2D eigenvalue weighted by Gasteiger charge is 2.33. The molecule has 0 saturated carbocycles. The minimum Gasteiger partial charge on any atom is -0.460 e. The Morgan fingerprint density at radius 3 is 2.74 bits per heavy atom. The number of nitrogens with zero attached hydrogens (tertiary/aromatic N) is 1. The van der Waals surface area contributed by atoms with Gasteiger partial charge in [0.2, 0.25) is 0 Å². The summed E-state index contributed by atoms with van der Waals surface area (Å²) in [5.41, 5.74) is 2.13. The summed E-state index contributed by atoms with van der Waals surface area (Å²) in [7, 11) is 0. The van der Waals surface area contributed by atoms with Crippen molar-refractivity contribution in [3.8, 4) is 11.3 Å². The number of aryl methyl sites for hydroxylation is 1. The second-order valence-corrected chi connectivity index (χ2v) is 7.26. The van der Waals surface area contributed by atoms with Crippen LogP contribution < -0.4 is 5.32 Å². The van der Waals surface area contributed by atoms with Crippen molar-refractivity contribution in [3.05, 3.63) is 46.7 Å². The number of fused-ring (bicyclic) bond motifs is 3. The average molecular weight is 331 g/mol. The van der Waals surface area contributed by atoms with E-state index in [9.17, 15) is 0 Å². The first-order chi connectivity index (χ1) is 11.2. The first-order valence-electron chi connectivity index (χ1n) is 8.50. The molecule has 122 valence electrons. The molecule has 3 fully saturated rings. The molecule has 3 nitrogen and oxygen atoms in total. The van der Waals surface area contributed by atoms with Gasteiger partial charge in [0.1, 0.15) is 11.5 Å². The second-order valence-electron chi connectivity index (χ2n) is 6.86. The number of benzene rings is 1. The Hall–Kier alpha value is -1.29. The molecule has 5 rings (SSSR count). The van der Waals surface area contributed by atoms with E-state index in [1.165, 1.54) is 32.5 Å². The molecule has 23 heavy (non-hydrogen) atoms. The van der Waals surface area contributed by atoms with Gasteiger partial charge in [-0.05, 0) is 62.5 Å². The zero-order chi connectivity index (χ0) is 15.8. The summed E-state index contributed by atoms with van der Waals surface area (Å²) in [6, 6.07) is 10.8. The molecule has 2 bridgehead atoms. The van der Waals surface area contributed by atoms with Crippen molar-refractivity contribution in [2.45, 2.75) is 32.4 Å². The SMILES string of the molecule is Cc1ccc(-c2ccc(CNC3CN4CCC3CC4)o2)cc1Cl. The number of furan rings is 1. The zero-order valence-corrected chi connectivity index (χ0v) is 14.3. The van der Waals surface area contributed by atoms with Crippen molar-refractivity contribution >= 4 is 11.6 Å². The normalized spacial score (nSPS) is 26.6. The Morgan fingerprint density at radius 1 is 1.22 bits per heavy atom. The highest BCUT2D eigenvalue weighted by Crippen LogP contribution is 2.29. The van der Waals surface area contributed by atoms with Gasteiger partial charge in [-0.25, -0.2) is 0 Å². The maximum atomic E-state index is 6.21. The fraction of sp³-hybridized carbons (Fsp3) is 0.474. The number of rotatable bonds is 4. The molecule has 0 spiro atoms. The lowest BCUT2D eigenvalue weighted by molar-refractivity contribution is 0.0711. The molecule has 4 heteroatoms. The van der Waals surface area contributed by atoms with Crippen LogP contribution in [-0.4, -0.2) is 30.6 Å². The van der Waals surface area contributed by atoms with E-state index in [0.717, 1.165) is 40.1 Å². The third-order valence-corrected chi connectivity index (χ3v) is 5.72. The molecule has 4 heterocycles. The fourth-order valence-corrected chi connectivity index (χ4v) is 3.98. The number of piperidine rings is 3.